The van der Waals surface area contributed by atoms with E-state index < -0.39 is 35.2 Å². The molecule has 0 aliphatic rings. The van der Waals surface area contributed by atoms with E-state index in [9.17, 15) is 30.0 Å². The Morgan fingerprint density at radius 3 is 1.33 bits per heavy atom. The van der Waals surface area contributed by atoms with E-state index in [0.29, 0.717) is 25.7 Å². The van der Waals surface area contributed by atoms with E-state index in [1.807, 2.05) is 0 Å². The number of azo groups is 1. The van der Waals surface area contributed by atoms with E-state index >= 15 is 0 Å². The van der Waals surface area contributed by atoms with Crippen LogP contribution in [0.4, 0.5) is 0 Å². The maximum atomic E-state index is 11.5. The second-order valence-corrected chi connectivity index (χ2v) is 6.84. The molecule has 0 fully saturated rings. The van der Waals surface area contributed by atoms with Crippen LogP contribution in [0.5, 0.6) is 0 Å². The van der Waals surface area contributed by atoms with Gasteiger partial charge in [0.2, 0.25) is 0 Å². The zero-order valence-corrected chi connectivity index (χ0v) is 14.9. The molecule has 0 saturated heterocycles. The van der Waals surface area contributed by atoms with Crippen molar-refractivity contribution in [3.63, 3.8) is 0 Å². The lowest BCUT2D eigenvalue weighted by Crippen LogP contribution is -2.37. The van der Waals surface area contributed by atoms with Gasteiger partial charge in [0.25, 0.3) is 0 Å². The van der Waals surface area contributed by atoms with Crippen LogP contribution in [0.1, 0.15) is 66.2 Å². The van der Waals surface area contributed by atoms with Crippen LogP contribution in [0.25, 0.3) is 0 Å². The van der Waals surface area contributed by atoms with Crippen molar-refractivity contribution < 1.29 is 30.0 Å². The Kier molecular flexibility index (Phi) is 9.06. The van der Waals surface area contributed by atoms with Crippen molar-refractivity contribution in [1.82, 2.24) is 0 Å². The van der Waals surface area contributed by atoms with Gasteiger partial charge in [-0.2, -0.15) is 10.2 Å². The second kappa shape index (κ2) is 9.68. The van der Waals surface area contributed by atoms with Gasteiger partial charge in [-0.15, -0.1) is 0 Å². The van der Waals surface area contributed by atoms with Gasteiger partial charge in [-0.1, -0.05) is 0 Å². The molecular weight excluding hydrogens is 316 g/mol. The van der Waals surface area contributed by atoms with Crippen LogP contribution in [0.15, 0.2) is 10.2 Å². The fourth-order valence-electron chi connectivity index (χ4n) is 2.10. The van der Waals surface area contributed by atoms with Crippen molar-refractivity contribution in [2.75, 3.05) is 0 Å². The van der Waals surface area contributed by atoms with Gasteiger partial charge >= 0.3 is 11.9 Å². The number of aliphatic hydroxyl groups excluding tert-OH is 2. The predicted molar refractivity (Wildman–Crippen MR) is 88.0 cm³/mol. The number of carbonyl (C=O) groups is 2. The van der Waals surface area contributed by atoms with Crippen LogP contribution in [-0.4, -0.2) is 55.7 Å². The molecule has 0 aliphatic carbocycles. The number of rotatable bonds is 12. The lowest BCUT2D eigenvalue weighted by Gasteiger charge is -2.23. The molecule has 0 aliphatic heterocycles. The van der Waals surface area contributed by atoms with Crippen LogP contribution in [0, 0.1) is 0 Å². The van der Waals surface area contributed by atoms with Gasteiger partial charge in [0.1, 0.15) is 0 Å². The summed E-state index contributed by atoms with van der Waals surface area (Å²) in [4.78, 5) is 23.0. The Balaban J connectivity index is 5.09. The Labute approximate surface area is 142 Å². The van der Waals surface area contributed by atoms with E-state index in [2.05, 4.69) is 10.2 Å². The summed E-state index contributed by atoms with van der Waals surface area (Å²) in [6.45, 7) is 6.00. The van der Waals surface area contributed by atoms with Crippen molar-refractivity contribution in [3.8, 4) is 0 Å². The topological polar surface area (TPSA) is 140 Å². The number of aliphatic hydroxyl groups is 2. The third kappa shape index (κ3) is 7.83. The van der Waals surface area contributed by atoms with Crippen LogP contribution >= 0.6 is 0 Å². The molecule has 24 heavy (non-hydrogen) atoms. The number of hydrogen-bond acceptors (Lipinski definition) is 6. The second-order valence-electron chi connectivity index (χ2n) is 6.84. The van der Waals surface area contributed by atoms with Crippen molar-refractivity contribution in [2.24, 2.45) is 10.2 Å². The monoisotopic (exact) mass is 346 g/mol. The minimum Gasteiger partial charge on any atom is -0.479 e. The van der Waals surface area contributed by atoms with Crippen molar-refractivity contribution in [3.05, 3.63) is 0 Å². The quantitative estimate of drug-likeness (QED) is 0.399. The standard InChI is InChI=1S/C16H30N2O6/c1-11(19)7-5-9-15(3,13(21)22)17-18-16(4,14(23)24)10-6-8-12(2)20/h11-12,19-20H,5-10H2,1-4H3,(H,21,22)(H,23,24). The highest BCUT2D eigenvalue weighted by Crippen LogP contribution is 2.26. The average molecular weight is 346 g/mol. The first kappa shape index (κ1) is 22.5. The van der Waals surface area contributed by atoms with Crippen LogP contribution in [0.2, 0.25) is 0 Å². The molecule has 0 aromatic heterocycles. The molecule has 140 valence electrons. The van der Waals surface area contributed by atoms with E-state index in [-0.39, 0.29) is 12.8 Å². The van der Waals surface area contributed by atoms with Crippen LogP contribution in [-0.2, 0) is 9.59 Å². The smallest absolute Gasteiger partial charge is 0.333 e. The summed E-state index contributed by atoms with van der Waals surface area (Å²) < 4.78 is 0. The summed E-state index contributed by atoms with van der Waals surface area (Å²) in [5.41, 5.74) is -3.06. The van der Waals surface area contributed by atoms with Gasteiger partial charge in [-0.3, -0.25) is 0 Å². The Morgan fingerprint density at radius 1 is 0.833 bits per heavy atom. The van der Waals surface area contributed by atoms with Gasteiger partial charge < -0.3 is 20.4 Å². The number of carboxylic acid groups (broad SMARTS) is 2. The summed E-state index contributed by atoms with van der Waals surface area (Å²) in [6.07, 6.45) is 0.970. The Morgan fingerprint density at radius 2 is 1.12 bits per heavy atom. The first-order valence-electron chi connectivity index (χ1n) is 8.20. The molecule has 4 N–H and O–H groups in total. The molecule has 4 unspecified atom stereocenters. The molecular formula is C16H30N2O6. The normalized spacial score (nSPS) is 19.4. The number of aliphatic carboxylic acids is 2. The highest BCUT2D eigenvalue weighted by atomic mass is 16.4. The summed E-state index contributed by atoms with van der Waals surface area (Å²) >= 11 is 0. The van der Waals surface area contributed by atoms with Crippen LogP contribution in [0.3, 0.4) is 0 Å². The number of carboxylic acids is 2. The molecule has 8 heteroatoms. The summed E-state index contributed by atoms with van der Waals surface area (Å²) in [5.74, 6) is -2.37. The van der Waals surface area contributed by atoms with Crippen molar-refractivity contribution >= 4 is 11.9 Å². The Hall–Kier alpha value is -1.54. The van der Waals surface area contributed by atoms with Gasteiger partial charge in [0.05, 0.1) is 12.2 Å². The molecule has 0 amide bonds. The molecule has 0 bridgehead atoms. The van der Waals surface area contributed by atoms with Gasteiger partial charge in [-0.25, -0.2) is 9.59 Å². The fraction of sp³-hybridized carbons (Fsp3) is 0.875. The molecule has 8 nitrogen and oxygen atoms in total. The molecule has 4 atom stereocenters. The maximum absolute atomic E-state index is 11.5. The number of nitrogens with zero attached hydrogens (tertiary/aromatic N) is 2. The Bertz CT molecular complexity index is 412. The molecule has 0 rings (SSSR count). The summed E-state index contributed by atoms with van der Waals surface area (Å²) in [6, 6.07) is 0. The van der Waals surface area contributed by atoms with E-state index in [0.717, 1.165) is 0 Å². The molecule has 0 aromatic carbocycles. The summed E-state index contributed by atoms with van der Waals surface area (Å²) in [5, 5.41) is 45.0. The minimum atomic E-state index is -1.53. The average Bonchev–Trinajstić information content (AvgIpc) is 2.44. The van der Waals surface area contributed by atoms with Crippen molar-refractivity contribution in [2.45, 2.75) is 89.5 Å². The highest BCUT2D eigenvalue weighted by Gasteiger charge is 2.37. The zero-order valence-electron chi connectivity index (χ0n) is 14.9. The molecule has 0 heterocycles. The highest BCUT2D eigenvalue weighted by molar-refractivity contribution is 5.79. The molecule has 0 saturated carbocycles. The van der Waals surface area contributed by atoms with E-state index in [1.54, 1.807) is 13.8 Å². The van der Waals surface area contributed by atoms with E-state index in [1.165, 1.54) is 13.8 Å². The lowest BCUT2D eigenvalue weighted by molar-refractivity contribution is -0.145. The van der Waals surface area contributed by atoms with Gasteiger partial charge in [0, 0.05) is 0 Å². The lowest BCUT2D eigenvalue weighted by atomic mass is 9.94. The third-order valence-electron chi connectivity index (χ3n) is 3.98. The maximum Gasteiger partial charge on any atom is 0.333 e. The fourth-order valence-corrected chi connectivity index (χ4v) is 2.10. The minimum absolute atomic E-state index is 0.153. The summed E-state index contributed by atoms with van der Waals surface area (Å²) in [7, 11) is 0. The SMILES string of the molecule is CC(O)CCCC(C)(N=NC(C)(CCCC(C)O)C(=O)O)C(=O)O. The van der Waals surface area contributed by atoms with Gasteiger partial charge in [-0.05, 0) is 66.2 Å². The zero-order chi connectivity index (χ0) is 19.0. The molecule has 0 radical (unpaired) electrons. The van der Waals surface area contributed by atoms with Gasteiger partial charge in [0.15, 0.2) is 11.1 Å². The molecule has 0 spiro atoms. The first-order valence-corrected chi connectivity index (χ1v) is 8.20. The van der Waals surface area contributed by atoms with E-state index in [4.69, 9.17) is 0 Å². The first-order chi connectivity index (χ1) is 10.9. The predicted octanol–water partition coefficient (Wildman–Crippen LogP) is 2.23. The van der Waals surface area contributed by atoms with Crippen LogP contribution < -0.4 is 0 Å². The third-order valence-corrected chi connectivity index (χ3v) is 3.98. The number of hydrogen-bond donors (Lipinski definition) is 4. The van der Waals surface area contributed by atoms with Crippen molar-refractivity contribution in [1.29, 1.82) is 0 Å². The largest absolute Gasteiger partial charge is 0.479 e. The molecule has 0 aromatic rings.